The van der Waals surface area contributed by atoms with Crippen molar-refractivity contribution in [3.05, 3.63) is 60.2 Å². The third kappa shape index (κ3) is 5.22. The SMILES string of the molecule is CC1(CCc2ccc(OC(F)F)cc2)NC(=O)N(CCOc2ccccc2)C1=O. The first-order valence-electron chi connectivity index (χ1n) is 9.23. The molecule has 0 aromatic heterocycles. The van der Waals surface area contributed by atoms with Crippen LogP contribution in [0.25, 0.3) is 0 Å². The van der Waals surface area contributed by atoms with Gasteiger partial charge in [0.25, 0.3) is 5.91 Å². The minimum absolute atomic E-state index is 0.0739. The van der Waals surface area contributed by atoms with Crippen LogP contribution in [0.1, 0.15) is 18.9 Å². The molecule has 1 heterocycles. The minimum Gasteiger partial charge on any atom is -0.492 e. The summed E-state index contributed by atoms with van der Waals surface area (Å²) in [7, 11) is 0. The molecule has 29 heavy (non-hydrogen) atoms. The van der Waals surface area contributed by atoms with E-state index in [9.17, 15) is 18.4 Å². The van der Waals surface area contributed by atoms with Crippen molar-refractivity contribution in [2.45, 2.75) is 31.9 Å². The van der Waals surface area contributed by atoms with Gasteiger partial charge in [-0.15, -0.1) is 0 Å². The predicted octanol–water partition coefficient (Wildman–Crippen LogP) is 3.61. The Morgan fingerprint density at radius 2 is 1.72 bits per heavy atom. The Labute approximate surface area is 167 Å². The summed E-state index contributed by atoms with van der Waals surface area (Å²) in [5.74, 6) is 0.434. The van der Waals surface area contributed by atoms with Crippen LogP contribution in [0.5, 0.6) is 11.5 Å². The van der Waals surface area contributed by atoms with E-state index in [-0.39, 0.29) is 24.8 Å². The van der Waals surface area contributed by atoms with E-state index in [1.54, 1.807) is 31.2 Å². The molecule has 1 fully saturated rings. The number of rotatable bonds is 9. The van der Waals surface area contributed by atoms with Crippen molar-refractivity contribution in [2.75, 3.05) is 13.2 Å². The molecule has 1 saturated heterocycles. The summed E-state index contributed by atoms with van der Waals surface area (Å²) in [6.45, 7) is -0.845. The molecule has 8 heteroatoms. The van der Waals surface area contributed by atoms with Crippen molar-refractivity contribution >= 4 is 11.9 Å². The summed E-state index contributed by atoms with van der Waals surface area (Å²) in [4.78, 5) is 26.2. The van der Waals surface area contributed by atoms with Crippen LogP contribution in [0.2, 0.25) is 0 Å². The molecular weight excluding hydrogens is 382 g/mol. The average Bonchev–Trinajstić information content (AvgIpc) is 2.91. The molecule has 154 valence electrons. The molecule has 3 amide bonds. The summed E-state index contributed by atoms with van der Waals surface area (Å²) in [5, 5.41) is 2.74. The van der Waals surface area contributed by atoms with Gasteiger partial charge in [-0.05, 0) is 49.6 Å². The van der Waals surface area contributed by atoms with Crippen molar-refractivity contribution in [1.82, 2.24) is 10.2 Å². The fourth-order valence-corrected chi connectivity index (χ4v) is 3.12. The van der Waals surface area contributed by atoms with Crippen LogP contribution in [0.15, 0.2) is 54.6 Å². The number of hydrogen-bond acceptors (Lipinski definition) is 4. The molecule has 1 atom stereocenters. The second-order valence-corrected chi connectivity index (χ2v) is 6.90. The molecule has 0 spiro atoms. The van der Waals surface area contributed by atoms with Crippen LogP contribution in [-0.2, 0) is 11.2 Å². The highest BCUT2D eigenvalue weighted by Crippen LogP contribution is 2.24. The Hall–Kier alpha value is -3.16. The molecule has 6 nitrogen and oxygen atoms in total. The first kappa shape index (κ1) is 20.6. The van der Waals surface area contributed by atoms with Gasteiger partial charge >= 0.3 is 12.6 Å². The molecule has 1 aliphatic rings. The number of nitrogens with one attached hydrogen (secondary N) is 1. The first-order chi connectivity index (χ1) is 13.9. The van der Waals surface area contributed by atoms with Gasteiger partial charge in [0, 0.05) is 0 Å². The number of carbonyl (C=O) groups is 2. The van der Waals surface area contributed by atoms with E-state index in [2.05, 4.69) is 10.1 Å². The van der Waals surface area contributed by atoms with Crippen molar-refractivity contribution < 1.29 is 27.8 Å². The lowest BCUT2D eigenvalue weighted by Crippen LogP contribution is -2.44. The number of ether oxygens (including phenoxy) is 2. The topological polar surface area (TPSA) is 67.9 Å². The molecule has 1 unspecified atom stereocenters. The van der Waals surface area contributed by atoms with Crippen LogP contribution in [0, 0.1) is 0 Å². The van der Waals surface area contributed by atoms with Crippen LogP contribution < -0.4 is 14.8 Å². The van der Waals surface area contributed by atoms with Crippen molar-refractivity contribution in [1.29, 1.82) is 0 Å². The van der Waals surface area contributed by atoms with E-state index in [1.165, 1.54) is 12.1 Å². The van der Waals surface area contributed by atoms with E-state index in [0.29, 0.717) is 18.6 Å². The zero-order chi connectivity index (χ0) is 20.9. The zero-order valence-electron chi connectivity index (χ0n) is 15.9. The number of alkyl halides is 2. The van der Waals surface area contributed by atoms with E-state index in [1.807, 2.05) is 18.2 Å². The number of benzene rings is 2. The number of halogens is 2. The van der Waals surface area contributed by atoms with Crippen molar-refractivity contribution in [3.63, 3.8) is 0 Å². The van der Waals surface area contributed by atoms with Gasteiger partial charge in [-0.1, -0.05) is 30.3 Å². The Bertz CT molecular complexity index is 846. The number of urea groups is 1. The van der Waals surface area contributed by atoms with Crippen molar-refractivity contribution in [2.24, 2.45) is 0 Å². The summed E-state index contributed by atoms with van der Waals surface area (Å²) in [6.07, 6.45) is 0.870. The summed E-state index contributed by atoms with van der Waals surface area (Å²) in [5.41, 5.74) is -0.178. The maximum Gasteiger partial charge on any atom is 0.387 e. The molecule has 2 aromatic rings. The Morgan fingerprint density at radius 1 is 1.03 bits per heavy atom. The van der Waals surface area contributed by atoms with E-state index in [4.69, 9.17) is 4.74 Å². The monoisotopic (exact) mass is 404 g/mol. The zero-order valence-corrected chi connectivity index (χ0v) is 15.9. The third-order valence-corrected chi connectivity index (χ3v) is 4.73. The number of imide groups is 1. The van der Waals surface area contributed by atoms with Crippen molar-refractivity contribution in [3.8, 4) is 11.5 Å². The Balaban J connectivity index is 1.53. The highest BCUT2D eigenvalue weighted by atomic mass is 19.3. The molecule has 1 aliphatic heterocycles. The molecule has 0 radical (unpaired) electrons. The molecule has 2 aromatic carbocycles. The van der Waals surface area contributed by atoms with Crippen LogP contribution in [0.4, 0.5) is 13.6 Å². The van der Waals surface area contributed by atoms with E-state index >= 15 is 0 Å². The van der Waals surface area contributed by atoms with E-state index in [0.717, 1.165) is 10.5 Å². The molecule has 3 rings (SSSR count). The number of amides is 3. The molecule has 0 bridgehead atoms. The Morgan fingerprint density at radius 3 is 2.38 bits per heavy atom. The Kier molecular flexibility index (Phi) is 6.31. The van der Waals surface area contributed by atoms with Gasteiger partial charge in [-0.2, -0.15) is 8.78 Å². The second-order valence-electron chi connectivity index (χ2n) is 6.90. The lowest BCUT2D eigenvalue weighted by Gasteiger charge is -2.21. The predicted molar refractivity (Wildman–Crippen MR) is 102 cm³/mol. The van der Waals surface area contributed by atoms with Gasteiger partial charge in [-0.25, -0.2) is 4.79 Å². The third-order valence-electron chi connectivity index (χ3n) is 4.73. The molecule has 0 saturated carbocycles. The van der Waals surface area contributed by atoms with Gasteiger partial charge < -0.3 is 14.8 Å². The smallest absolute Gasteiger partial charge is 0.387 e. The molecular formula is C21H22F2N2O4. The largest absolute Gasteiger partial charge is 0.492 e. The number of hydrogen-bond donors (Lipinski definition) is 1. The summed E-state index contributed by atoms with van der Waals surface area (Å²) < 4.78 is 34.3. The van der Waals surface area contributed by atoms with Gasteiger partial charge in [-0.3, -0.25) is 9.69 Å². The van der Waals surface area contributed by atoms with Gasteiger partial charge in [0.1, 0.15) is 23.6 Å². The highest BCUT2D eigenvalue weighted by Gasteiger charge is 2.47. The normalized spacial score (nSPS) is 18.8. The van der Waals surface area contributed by atoms with E-state index < -0.39 is 18.2 Å². The number of aryl methyl sites for hydroxylation is 1. The maximum atomic E-state index is 12.8. The maximum absolute atomic E-state index is 12.8. The van der Waals surface area contributed by atoms with Crippen LogP contribution in [-0.4, -0.2) is 42.1 Å². The lowest BCUT2D eigenvalue weighted by molar-refractivity contribution is -0.131. The van der Waals surface area contributed by atoms with Gasteiger partial charge in [0.2, 0.25) is 0 Å². The summed E-state index contributed by atoms with van der Waals surface area (Å²) >= 11 is 0. The van der Waals surface area contributed by atoms with Crippen LogP contribution >= 0.6 is 0 Å². The quantitative estimate of drug-likeness (QED) is 0.649. The van der Waals surface area contributed by atoms with Gasteiger partial charge in [0.15, 0.2) is 0 Å². The fourth-order valence-electron chi connectivity index (χ4n) is 3.12. The fraction of sp³-hybridized carbons (Fsp3) is 0.333. The summed E-state index contributed by atoms with van der Waals surface area (Å²) in [6, 6.07) is 14.9. The van der Waals surface area contributed by atoms with Crippen LogP contribution in [0.3, 0.4) is 0 Å². The number of carbonyl (C=O) groups excluding carboxylic acids is 2. The average molecular weight is 404 g/mol. The highest BCUT2D eigenvalue weighted by molar-refractivity contribution is 6.06. The first-order valence-corrected chi connectivity index (χ1v) is 9.23. The number of para-hydroxylation sites is 1. The number of nitrogens with zero attached hydrogens (tertiary/aromatic N) is 1. The van der Waals surface area contributed by atoms with Gasteiger partial charge in [0.05, 0.1) is 6.54 Å². The standard InChI is InChI=1S/C21H22F2N2O4/c1-21(12-11-15-7-9-17(10-8-15)29-19(22)23)18(26)25(20(27)24-21)13-14-28-16-5-3-2-4-6-16/h2-10,19H,11-14H2,1H3,(H,24,27). The second kappa shape index (κ2) is 8.89. The molecule has 0 aliphatic carbocycles. The lowest BCUT2D eigenvalue weighted by atomic mass is 9.93. The molecule has 1 N–H and O–H groups in total. The minimum atomic E-state index is -2.87.